The van der Waals surface area contributed by atoms with E-state index < -0.39 is 0 Å². The van der Waals surface area contributed by atoms with Crippen molar-refractivity contribution in [3.8, 4) is 5.82 Å². The van der Waals surface area contributed by atoms with Crippen molar-refractivity contribution in [1.29, 1.82) is 0 Å². The summed E-state index contributed by atoms with van der Waals surface area (Å²) in [5, 5.41) is 6.82. The Morgan fingerprint density at radius 1 is 1.33 bits per heavy atom. The number of amides is 2. The summed E-state index contributed by atoms with van der Waals surface area (Å²) in [5.41, 5.74) is 0.645. The molecule has 0 aliphatic carbocycles. The van der Waals surface area contributed by atoms with Gasteiger partial charge in [0.05, 0.1) is 11.9 Å². The predicted octanol–water partition coefficient (Wildman–Crippen LogP) is 2.17. The van der Waals surface area contributed by atoms with E-state index in [0.717, 1.165) is 0 Å². The molecule has 21 heavy (non-hydrogen) atoms. The van der Waals surface area contributed by atoms with Crippen molar-refractivity contribution in [3.05, 3.63) is 31.0 Å². The van der Waals surface area contributed by atoms with Gasteiger partial charge in [-0.2, -0.15) is 5.10 Å². The van der Waals surface area contributed by atoms with Crippen molar-refractivity contribution in [2.75, 3.05) is 12.4 Å². The molecule has 0 spiro atoms. The zero-order valence-corrected chi connectivity index (χ0v) is 12.7. The van der Waals surface area contributed by atoms with E-state index in [0.29, 0.717) is 17.4 Å². The molecule has 2 heterocycles. The van der Waals surface area contributed by atoms with Gasteiger partial charge in [-0.15, -0.1) is 0 Å². The van der Waals surface area contributed by atoms with Gasteiger partial charge in [0.15, 0.2) is 5.82 Å². The summed E-state index contributed by atoms with van der Waals surface area (Å²) < 4.78 is 1.55. The molecule has 112 valence electrons. The lowest BCUT2D eigenvalue weighted by Crippen LogP contribution is -2.40. The number of anilines is 1. The molecule has 0 aliphatic heterocycles. The highest BCUT2D eigenvalue weighted by Gasteiger charge is 2.18. The maximum Gasteiger partial charge on any atom is 0.321 e. The minimum Gasteiger partial charge on any atom is -0.325 e. The van der Waals surface area contributed by atoms with Gasteiger partial charge in [0.2, 0.25) is 0 Å². The molecule has 0 saturated carbocycles. The van der Waals surface area contributed by atoms with E-state index in [-0.39, 0.29) is 12.1 Å². The van der Waals surface area contributed by atoms with Gasteiger partial charge in [-0.3, -0.25) is 0 Å². The normalized spacial score (nSPS) is 12.2. The first-order chi connectivity index (χ1) is 9.99. The lowest BCUT2D eigenvalue weighted by Gasteiger charge is -2.28. The number of aromatic nitrogens is 4. The molecule has 0 unspecified atom stereocenters. The van der Waals surface area contributed by atoms with Crippen LogP contribution in [0.2, 0.25) is 0 Å². The van der Waals surface area contributed by atoms with E-state index in [1.54, 1.807) is 41.3 Å². The third-order valence-corrected chi connectivity index (χ3v) is 3.55. The topological polar surface area (TPSA) is 75.9 Å². The lowest BCUT2D eigenvalue weighted by molar-refractivity contribution is 0.193. The highest BCUT2D eigenvalue weighted by atomic mass is 16.2. The molecule has 2 amide bonds. The van der Waals surface area contributed by atoms with Crippen molar-refractivity contribution in [3.63, 3.8) is 0 Å². The van der Waals surface area contributed by atoms with E-state index in [1.807, 2.05) is 6.92 Å². The maximum atomic E-state index is 12.1. The van der Waals surface area contributed by atoms with Crippen LogP contribution in [0.15, 0.2) is 31.0 Å². The number of hydrogen-bond acceptors (Lipinski definition) is 4. The van der Waals surface area contributed by atoms with E-state index in [4.69, 9.17) is 0 Å². The monoisotopic (exact) mass is 288 g/mol. The van der Waals surface area contributed by atoms with Gasteiger partial charge in [-0.25, -0.2) is 19.4 Å². The number of nitrogens with one attached hydrogen (secondary N) is 1. The fourth-order valence-electron chi connectivity index (χ4n) is 1.77. The number of nitrogens with zero attached hydrogens (tertiary/aromatic N) is 5. The molecule has 0 fully saturated rings. The Kier molecular flexibility index (Phi) is 4.52. The summed E-state index contributed by atoms with van der Waals surface area (Å²) in [6.07, 6.45) is 4.61. The molecule has 0 bridgehead atoms. The second kappa shape index (κ2) is 6.34. The van der Waals surface area contributed by atoms with Crippen molar-refractivity contribution >= 4 is 11.7 Å². The van der Waals surface area contributed by atoms with Gasteiger partial charge in [0.25, 0.3) is 0 Å². The number of carbonyl (C=O) groups excluding carboxylic acids is 1. The Labute approximate surface area is 124 Å². The Hall–Kier alpha value is -2.44. The van der Waals surface area contributed by atoms with E-state index >= 15 is 0 Å². The molecule has 2 rings (SSSR count). The molecule has 0 saturated heterocycles. The molecule has 1 atom stereocenters. The molecule has 0 aliphatic rings. The van der Waals surface area contributed by atoms with Crippen LogP contribution < -0.4 is 5.32 Å². The SMILES string of the molecule is CC(C)[C@H](C)N(C)C(=O)Nc1ccc(-n2cncn2)nc1. The summed E-state index contributed by atoms with van der Waals surface area (Å²) in [6.45, 7) is 6.20. The van der Waals surface area contributed by atoms with Crippen molar-refractivity contribution in [2.24, 2.45) is 5.92 Å². The van der Waals surface area contributed by atoms with Crippen LogP contribution in [0.1, 0.15) is 20.8 Å². The van der Waals surface area contributed by atoms with Gasteiger partial charge >= 0.3 is 6.03 Å². The molecule has 2 aromatic rings. The second-order valence-electron chi connectivity index (χ2n) is 5.27. The first-order valence-corrected chi connectivity index (χ1v) is 6.84. The predicted molar refractivity (Wildman–Crippen MR) is 80.2 cm³/mol. The van der Waals surface area contributed by atoms with Crippen LogP contribution >= 0.6 is 0 Å². The van der Waals surface area contributed by atoms with E-state index in [1.165, 1.54) is 6.33 Å². The smallest absolute Gasteiger partial charge is 0.321 e. The first kappa shape index (κ1) is 15.0. The van der Waals surface area contributed by atoms with Crippen LogP contribution in [0.4, 0.5) is 10.5 Å². The van der Waals surface area contributed by atoms with Crippen molar-refractivity contribution < 1.29 is 4.79 Å². The van der Waals surface area contributed by atoms with Crippen molar-refractivity contribution in [1.82, 2.24) is 24.6 Å². The number of rotatable bonds is 4. The molecular formula is C14H20N6O. The quantitative estimate of drug-likeness (QED) is 0.935. The third kappa shape index (κ3) is 3.56. The number of carbonyl (C=O) groups is 1. The highest BCUT2D eigenvalue weighted by Crippen LogP contribution is 2.12. The Morgan fingerprint density at radius 2 is 2.10 bits per heavy atom. The zero-order valence-electron chi connectivity index (χ0n) is 12.7. The lowest BCUT2D eigenvalue weighted by atomic mass is 10.1. The standard InChI is InChI=1S/C14H20N6O/c1-10(2)11(3)19(4)14(21)18-12-5-6-13(16-7-12)20-9-15-8-17-20/h5-11H,1-4H3,(H,18,21)/t11-/m0/s1. The van der Waals surface area contributed by atoms with E-state index in [2.05, 4.69) is 34.2 Å². The number of pyridine rings is 1. The van der Waals surface area contributed by atoms with Gasteiger partial charge in [-0.1, -0.05) is 13.8 Å². The molecule has 7 nitrogen and oxygen atoms in total. The summed E-state index contributed by atoms with van der Waals surface area (Å²) in [5.74, 6) is 1.04. The van der Waals surface area contributed by atoms with Crippen LogP contribution in [0.25, 0.3) is 5.82 Å². The van der Waals surface area contributed by atoms with Crippen molar-refractivity contribution in [2.45, 2.75) is 26.8 Å². The fourth-order valence-corrected chi connectivity index (χ4v) is 1.77. The number of hydrogen-bond donors (Lipinski definition) is 1. The Bertz CT molecular complexity index is 578. The third-order valence-electron chi connectivity index (χ3n) is 3.55. The van der Waals surface area contributed by atoms with Gasteiger partial charge < -0.3 is 10.2 Å². The van der Waals surface area contributed by atoms with Crippen LogP contribution in [0.3, 0.4) is 0 Å². The minimum atomic E-state index is -0.147. The van der Waals surface area contributed by atoms with Crippen LogP contribution in [-0.2, 0) is 0 Å². The maximum absolute atomic E-state index is 12.1. The van der Waals surface area contributed by atoms with Crippen LogP contribution in [0, 0.1) is 5.92 Å². The van der Waals surface area contributed by atoms with Gasteiger partial charge in [0, 0.05) is 13.1 Å². The van der Waals surface area contributed by atoms with Gasteiger partial charge in [0.1, 0.15) is 12.7 Å². The van der Waals surface area contributed by atoms with Crippen LogP contribution in [-0.4, -0.2) is 43.8 Å². The fraction of sp³-hybridized carbons (Fsp3) is 0.429. The first-order valence-electron chi connectivity index (χ1n) is 6.84. The molecular weight excluding hydrogens is 268 g/mol. The van der Waals surface area contributed by atoms with Gasteiger partial charge in [-0.05, 0) is 25.0 Å². The van der Waals surface area contributed by atoms with E-state index in [9.17, 15) is 4.79 Å². The summed E-state index contributed by atoms with van der Waals surface area (Å²) in [7, 11) is 1.79. The Morgan fingerprint density at radius 3 is 2.62 bits per heavy atom. The molecule has 0 radical (unpaired) electrons. The molecule has 2 aromatic heterocycles. The number of urea groups is 1. The second-order valence-corrected chi connectivity index (χ2v) is 5.27. The largest absolute Gasteiger partial charge is 0.325 e. The Balaban J connectivity index is 2.02. The summed E-state index contributed by atoms with van der Waals surface area (Å²) in [6, 6.07) is 3.57. The molecule has 1 N–H and O–H groups in total. The minimum absolute atomic E-state index is 0.147. The average molecular weight is 288 g/mol. The molecule has 7 heteroatoms. The zero-order chi connectivity index (χ0) is 15.4. The highest BCUT2D eigenvalue weighted by molar-refractivity contribution is 5.89. The summed E-state index contributed by atoms with van der Waals surface area (Å²) >= 11 is 0. The molecule has 0 aromatic carbocycles. The summed E-state index contributed by atoms with van der Waals surface area (Å²) in [4.78, 5) is 21.9. The average Bonchev–Trinajstić information content (AvgIpc) is 3.00. The van der Waals surface area contributed by atoms with Crippen LogP contribution in [0.5, 0.6) is 0 Å².